The zero-order chi connectivity index (χ0) is 12.4. The Balaban J connectivity index is 2.15. The van der Waals surface area contributed by atoms with Gasteiger partial charge in [-0.1, -0.05) is 11.6 Å². The Labute approximate surface area is 107 Å². The quantitative estimate of drug-likeness (QED) is 0.750. The number of Topliss-reactive ketones (excluding diaryl/α,β-unsaturated/α-hetero) is 1. The van der Waals surface area contributed by atoms with Crippen molar-refractivity contribution < 1.29 is 4.79 Å². The number of benzene rings is 1. The summed E-state index contributed by atoms with van der Waals surface area (Å²) in [6.45, 7) is 2.74. The van der Waals surface area contributed by atoms with Gasteiger partial charge in [-0.25, -0.2) is 0 Å². The Morgan fingerprint density at radius 2 is 1.88 bits per heavy atom. The molecule has 0 amide bonds. The van der Waals surface area contributed by atoms with E-state index in [1.54, 1.807) is 24.3 Å². The van der Waals surface area contributed by atoms with E-state index in [-0.39, 0.29) is 11.8 Å². The molecule has 17 heavy (non-hydrogen) atoms. The predicted molar refractivity (Wildman–Crippen MR) is 69.7 cm³/mol. The molecule has 1 aliphatic rings. The van der Waals surface area contributed by atoms with Crippen molar-refractivity contribution in [2.24, 2.45) is 0 Å². The van der Waals surface area contributed by atoms with Crippen LogP contribution in [-0.4, -0.2) is 55.4 Å². The van der Waals surface area contributed by atoms with Gasteiger partial charge in [0.1, 0.15) is 0 Å². The zero-order valence-corrected chi connectivity index (χ0v) is 10.9. The first-order valence-electron chi connectivity index (χ1n) is 5.76. The highest BCUT2D eigenvalue weighted by Crippen LogP contribution is 2.15. The van der Waals surface area contributed by atoms with Crippen LogP contribution < -0.4 is 0 Å². The summed E-state index contributed by atoms with van der Waals surface area (Å²) < 4.78 is 0. The normalized spacial score (nSPS) is 22.6. The van der Waals surface area contributed by atoms with Crippen LogP contribution in [0.3, 0.4) is 0 Å². The van der Waals surface area contributed by atoms with Crippen LogP contribution >= 0.6 is 11.6 Å². The lowest BCUT2D eigenvalue weighted by molar-refractivity contribution is 0.0686. The number of hydrogen-bond acceptors (Lipinski definition) is 3. The van der Waals surface area contributed by atoms with Gasteiger partial charge < -0.3 is 4.90 Å². The molecule has 1 fully saturated rings. The lowest BCUT2D eigenvalue weighted by Crippen LogP contribution is -2.53. The van der Waals surface area contributed by atoms with Crippen LogP contribution in [0.2, 0.25) is 5.02 Å². The first kappa shape index (κ1) is 12.6. The molecule has 0 spiro atoms. The van der Waals surface area contributed by atoms with Gasteiger partial charge in [-0.2, -0.15) is 0 Å². The van der Waals surface area contributed by atoms with Crippen molar-refractivity contribution in [1.82, 2.24) is 9.80 Å². The third-order valence-corrected chi connectivity index (χ3v) is 3.53. The maximum atomic E-state index is 12.4. The molecule has 1 unspecified atom stereocenters. The highest BCUT2D eigenvalue weighted by Gasteiger charge is 2.28. The molecule has 1 heterocycles. The minimum absolute atomic E-state index is 0.0464. The summed E-state index contributed by atoms with van der Waals surface area (Å²) in [5.74, 6) is 0.177. The van der Waals surface area contributed by atoms with Crippen molar-refractivity contribution >= 4 is 17.4 Å². The molecule has 0 N–H and O–H groups in total. The number of rotatable bonds is 2. The molecule has 3 nitrogen and oxygen atoms in total. The SMILES string of the molecule is CN1CCN(C)C(C(=O)c2ccc(Cl)cc2)C1. The summed E-state index contributed by atoms with van der Waals surface area (Å²) in [7, 11) is 4.06. The summed E-state index contributed by atoms with van der Waals surface area (Å²) in [4.78, 5) is 16.7. The Hall–Kier alpha value is -0.900. The van der Waals surface area contributed by atoms with Crippen molar-refractivity contribution in [1.29, 1.82) is 0 Å². The van der Waals surface area contributed by atoms with Gasteiger partial charge >= 0.3 is 0 Å². The second-order valence-electron chi connectivity index (χ2n) is 4.63. The van der Waals surface area contributed by atoms with E-state index in [2.05, 4.69) is 16.8 Å². The number of likely N-dealkylation sites (N-methyl/N-ethyl adjacent to an activating group) is 2. The topological polar surface area (TPSA) is 23.6 Å². The van der Waals surface area contributed by atoms with Gasteiger partial charge in [0.25, 0.3) is 0 Å². The van der Waals surface area contributed by atoms with Crippen molar-refractivity contribution in [3.05, 3.63) is 34.9 Å². The molecule has 0 bridgehead atoms. The second kappa shape index (κ2) is 5.17. The van der Waals surface area contributed by atoms with Gasteiger partial charge in [0.05, 0.1) is 6.04 Å². The number of piperazine rings is 1. The van der Waals surface area contributed by atoms with Gasteiger partial charge in [-0.3, -0.25) is 9.69 Å². The molecule has 0 saturated carbocycles. The Morgan fingerprint density at radius 3 is 2.53 bits per heavy atom. The van der Waals surface area contributed by atoms with Crippen LogP contribution in [0.15, 0.2) is 24.3 Å². The molecule has 1 saturated heterocycles. The van der Waals surface area contributed by atoms with Gasteiger partial charge in [-0.15, -0.1) is 0 Å². The minimum Gasteiger partial charge on any atom is -0.303 e. The summed E-state index contributed by atoms with van der Waals surface area (Å²) in [6, 6.07) is 7.08. The minimum atomic E-state index is -0.0464. The molecule has 1 aromatic carbocycles. The molecular weight excluding hydrogens is 236 g/mol. The van der Waals surface area contributed by atoms with Crippen LogP contribution in [0.25, 0.3) is 0 Å². The Morgan fingerprint density at radius 1 is 1.24 bits per heavy atom. The fourth-order valence-corrected chi connectivity index (χ4v) is 2.23. The molecule has 2 rings (SSSR count). The number of nitrogens with zero attached hydrogens (tertiary/aromatic N) is 2. The molecule has 92 valence electrons. The van der Waals surface area contributed by atoms with Gasteiger partial charge in [0, 0.05) is 30.2 Å². The molecule has 0 radical (unpaired) electrons. The average molecular weight is 253 g/mol. The van der Waals surface area contributed by atoms with Crippen LogP contribution in [0.5, 0.6) is 0 Å². The first-order valence-corrected chi connectivity index (χ1v) is 6.14. The molecule has 4 heteroatoms. The summed E-state index contributed by atoms with van der Waals surface area (Å²) >= 11 is 5.82. The molecular formula is C13H17ClN2O. The van der Waals surface area contributed by atoms with Crippen molar-refractivity contribution in [2.45, 2.75) is 6.04 Å². The number of ketones is 1. The molecule has 1 atom stereocenters. The van der Waals surface area contributed by atoms with Crippen LogP contribution in [0.4, 0.5) is 0 Å². The molecule has 1 aliphatic heterocycles. The molecule has 1 aromatic rings. The fourth-order valence-electron chi connectivity index (χ4n) is 2.10. The monoisotopic (exact) mass is 252 g/mol. The van der Waals surface area contributed by atoms with Crippen molar-refractivity contribution in [2.75, 3.05) is 33.7 Å². The maximum absolute atomic E-state index is 12.4. The number of halogens is 1. The van der Waals surface area contributed by atoms with Gasteiger partial charge in [-0.05, 0) is 38.4 Å². The second-order valence-corrected chi connectivity index (χ2v) is 5.07. The predicted octanol–water partition coefficient (Wildman–Crippen LogP) is 1.77. The Kier molecular flexibility index (Phi) is 3.82. The highest BCUT2D eigenvalue weighted by molar-refractivity contribution is 6.30. The fraction of sp³-hybridized carbons (Fsp3) is 0.462. The molecule has 0 aliphatic carbocycles. The van der Waals surface area contributed by atoms with Crippen LogP contribution in [-0.2, 0) is 0 Å². The zero-order valence-electron chi connectivity index (χ0n) is 10.2. The molecule has 0 aromatic heterocycles. The number of carbonyl (C=O) groups excluding carboxylic acids is 1. The summed E-state index contributed by atoms with van der Waals surface area (Å²) in [5.41, 5.74) is 0.738. The van der Waals surface area contributed by atoms with Gasteiger partial charge in [0.15, 0.2) is 5.78 Å². The van der Waals surface area contributed by atoms with E-state index in [9.17, 15) is 4.79 Å². The van der Waals surface area contributed by atoms with E-state index in [0.29, 0.717) is 5.02 Å². The average Bonchev–Trinajstić information content (AvgIpc) is 2.32. The van der Waals surface area contributed by atoms with E-state index in [4.69, 9.17) is 11.6 Å². The first-order chi connectivity index (χ1) is 8.08. The van der Waals surface area contributed by atoms with Crippen LogP contribution in [0.1, 0.15) is 10.4 Å². The standard InChI is InChI=1S/C13H17ClN2O/c1-15-7-8-16(2)12(9-15)13(17)10-3-5-11(14)6-4-10/h3-6,12H,7-9H2,1-2H3. The van der Waals surface area contributed by atoms with E-state index >= 15 is 0 Å². The summed E-state index contributed by atoms with van der Waals surface area (Å²) in [6.07, 6.45) is 0. The smallest absolute Gasteiger partial charge is 0.181 e. The van der Waals surface area contributed by atoms with Crippen molar-refractivity contribution in [3.63, 3.8) is 0 Å². The van der Waals surface area contributed by atoms with Crippen LogP contribution in [0, 0.1) is 0 Å². The Bertz CT molecular complexity index is 404. The van der Waals surface area contributed by atoms with Crippen molar-refractivity contribution in [3.8, 4) is 0 Å². The summed E-state index contributed by atoms with van der Waals surface area (Å²) in [5, 5.41) is 0.663. The number of carbonyl (C=O) groups is 1. The number of hydrogen-bond donors (Lipinski definition) is 0. The maximum Gasteiger partial charge on any atom is 0.181 e. The van der Waals surface area contributed by atoms with E-state index in [1.165, 1.54) is 0 Å². The van der Waals surface area contributed by atoms with Gasteiger partial charge in [0.2, 0.25) is 0 Å². The van der Waals surface area contributed by atoms with E-state index < -0.39 is 0 Å². The third-order valence-electron chi connectivity index (χ3n) is 3.28. The lowest BCUT2D eigenvalue weighted by atomic mass is 10.0. The third kappa shape index (κ3) is 2.86. The highest BCUT2D eigenvalue weighted by atomic mass is 35.5. The largest absolute Gasteiger partial charge is 0.303 e. The lowest BCUT2D eigenvalue weighted by Gasteiger charge is -2.36. The van der Waals surface area contributed by atoms with E-state index in [0.717, 1.165) is 25.2 Å². The van der Waals surface area contributed by atoms with E-state index in [1.807, 2.05) is 7.05 Å².